The number of aromatic nitrogens is 2. The van der Waals surface area contributed by atoms with Crippen molar-refractivity contribution in [1.82, 2.24) is 14.9 Å². The van der Waals surface area contributed by atoms with Crippen molar-refractivity contribution >= 4 is 5.82 Å². The van der Waals surface area contributed by atoms with Gasteiger partial charge in [-0.3, -0.25) is 4.90 Å². The van der Waals surface area contributed by atoms with Crippen molar-refractivity contribution in [2.75, 3.05) is 31.1 Å². The van der Waals surface area contributed by atoms with Crippen LogP contribution in [0.15, 0.2) is 18.6 Å². The van der Waals surface area contributed by atoms with Crippen LogP contribution in [0.5, 0.6) is 0 Å². The summed E-state index contributed by atoms with van der Waals surface area (Å²) in [6.07, 6.45) is 9.14. The van der Waals surface area contributed by atoms with Crippen molar-refractivity contribution in [3.05, 3.63) is 18.6 Å². The monoisotopic (exact) mass is 232 g/mol. The van der Waals surface area contributed by atoms with Crippen LogP contribution >= 0.6 is 0 Å². The van der Waals surface area contributed by atoms with Gasteiger partial charge < -0.3 is 4.90 Å². The van der Waals surface area contributed by atoms with Gasteiger partial charge in [-0.15, -0.1) is 0 Å². The van der Waals surface area contributed by atoms with Crippen LogP contribution in [-0.2, 0) is 0 Å². The fraction of sp³-hybridized carbons (Fsp3) is 0.692. The molecule has 0 N–H and O–H groups in total. The van der Waals surface area contributed by atoms with E-state index in [2.05, 4.69) is 19.8 Å². The van der Waals surface area contributed by atoms with E-state index in [0.717, 1.165) is 24.9 Å². The van der Waals surface area contributed by atoms with Gasteiger partial charge in [0, 0.05) is 38.4 Å². The Balaban J connectivity index is 1.57. The summed E-state index contributed by atoms with van der Waals surface area (Å²) in [5, 5.41) is 0. The van der Waals surface area contributed by atoms with E-state index >= 15 is 0 Å². The molecule has 1 aliphatic carbocycles. The molecule has 0 atom stereocenters. The molecule has 2 aliphatic rings. The summed E-state index contributed by atoms with van der Waals surface area (Å²) >= 11 is 0. The topological polar surface area (TPSA) is 32.3 Å². The first-order valence-electron chi connectivity index (χ1n) is 6.68. The van der Waals surface area contributed by atoms with E-state index in [9.17, 15) is 0 Å². The minimum absolute atomic E-state index is 0.863. The normalized spacial score (nSPS) is 23.2. The Morgan fingerprint density at radius 2 is 1.82 bits per heavy atom. The quantitative estimate of drug-likeness (QED) is 0.774. The molecule has 92 valence electrons. The summed E-state index contributed by atoms with van der Waals surface area (Å²) in [6, 6.07) is 2.87. The maximum Gasteiger partial charge on any atom is 0.131 e. The van der Waals surface area contributed by atoms with Crippen molar-refractivity contribution in [1.29, 1.82) is 0 Å². The molecule has 3 rings (SSSR count). The predicted octanol–water partition coefficient (Wildman–Crippen LogP) is 1.54. The van der Waals surface area contributed by atoms with Gasteiger partial charge in [0.1, 0.15) is 12.1 Å². The van der Waals surface area contributed by atoms with Crippen LogP contribution in [0.25, 0.3) is 0 Å². The lowest BCUT2D eigenvalue weighted by molar-refractivity contribution is 0.187. The molecular formula is C13H20N4. The minimum Gasteiger partial charge on any atom is -0.354 e. The Hall–Kier alpha value is -1.16. The Labute approximate surface area is 103 Å². The largest absolute Gasteiger partial charge is 0.354 e. The fourth-order valence-corrected chi connectivity index (χ4v) is 3.06. The van der Waals surface area contributed by atoms with Gasteiger partial charge in [0.2, 0.25) is 0 Å². The van der Waals surface area contributed by atoms with Gasteiger partial charge in [-0.05, 0) is 18.9 Å². The highest BCUT2D eigenvalue weighted by Crippen LogP contribution is 2.24. The Morgan fingerprint density at radius 3 is 2.47 bits per heavy atom. The van der Waals surface area contributed by atoms with Gasteiger partial charge in [0.05, 0.1) is 0 Å². The Morgan fingerprint density at radius 1 is 1.06 bits per heavy atom. The minimum atomic E-state index is 0.863. The highest BCUT2D eigenvalue weighted by molar-refractivity contribution is 5.36. The van der Waals surface area contributed by atoms with E-state index in [0.29, 0.717) is 0 Å². The molecule has 1 aromatic heterocycles. The summed E-state index contributed by atoms with van der Waals surface area (Å²) in [7, 11) is 0. The van der Waals surface area contributed by atoms with Crippen molar-refractivity contribution in [2.24, 2.45) is 0 Å². The van der Waals surface area contributed by atoms with Crippen molar-refractivity contribution in [3.63, 3.8) is 0 Å². The first-order valence-corrected chi connectivity index (χ1v) is 6.68. The lowest BCUT2D eigenvalue weighted by Crippen LogP contribution is -2.49. The summed E-state index contributed by atoms with van der Waals surface area (Å²) in [5.41, 5.74) is 0. The Kier molecular flexibility index (Phi) is 3.22. The van der Waals surface area contributed by atoms with Crippen LogP contribution in [0.1, 0.15) is 25.7 Å². The number of piperazine rings is 1. The van der Waals surface area contributed by atoms with E-state index in [4.69, 9.17) is 0 Å². The van der Waals surface area contributed by atoms with Gasteiger partial charge in [-0.1, -0.05) is 12.8 Å². The average molecular weight is 232 g/mol. The maximum absolute atomic E-state index is 4.32. The molecule has 2 heterocycles. The molecule has 17 heavy (non-hydrogen) atoms. The third-order valence-electron chi connectivity index (χ3n) is 4.05. The molecule has 0 radical (unpaired) electrons. The Bertz CT molecular complexity index is 340. The summed E-state index contributed by atoms with van der Waals surface area (Å²) < 4.78 is 0. The molecular weight excluding hydrogens is 212 g/mol. The van der Waals surface area contributed by atoms with E-state index in [1.807, 2.05) is 12.3 Å². The molecule has 0 unspecified atom stereocenters. The first-order chi connectivity index (χ1) is 8.43. The van der Waals surface area contributed by atoms with Crippen LogP contribution in [0.2, 0.25) is 0 Å². The SMILES string of the molecule is c1cc(N2CCN(C3CCCC3)CC2)ncn1. The molecule has 0 amide bonds. The molecule has 0 aromatic carbocycles. The molecule has 0 spiro atoms. The highest BCUT2D eigenvalue weighted by atomic mass is 15.3. The van der Waals surface area contributed by atoms with Crippen LogP contribution in [0.3, 0.4) is 0 Å². The molecule has 2 fully saturated rings. The van der Waals surface area contributed by atoms with Gasteiger partial charge >= 0.3 is 0 Å². The number of nitrogens with zero attached hydrogens (tertiary/aromatic N) is 4. The number of rotatable bonds is 2. The van der Waals surface area contributed by atoms with Gasteiger partial charge in [-0.2, -0.15) is 0 Å². The van der Waals surface area contributed by atoms with Gasteiger partial charge in [0.25, 0.3) is 0 Å². The number of anilines is 1. The third-order valence-corrected chi connectivity index (χ3v) is 4.05. The van der Waals surface area contributed by atoms with Crippen LogP contribution in [0.4, 0.5) is 5.82 Å². The molecule has 1 saturated carbocycles. The fourth-order valence-electron chi connectivity index (χ4n) is 3.06. The molecule has 4 nitrogen and oxygen atoms in total. The second kappa shape index (κ2) is 5.00. The van der Waals surface area contributed by atoms with Gasteiger partial charge in [0.15, 0.2) is 0 Å². The molecule has 1 saturated heterocycles. The van der Waals surface area contributed by atoms with Crippen molar-refractivity contribution < 1.29 is 0 Å². The van der Waals surface area contributed by atoms with Crippen LogP contribution < -0.4 is 4.90 Å². The first kappa shape index (κ1) is 11.0. The summed E-state index contributed by atoms with van der Waals surface area (Å²) in [6.45, 7) is 4.59. The van der Waals surface area contributed by atoms with E-state index in [1.165, 1.54) is 38.8 Å². The maximum atomic E-state index is 4.32. The van der Waals surface area contributed by atoms with Gasteiger partial charge in [-0.25, -0.2) is 9.97 Å². The lowest BCUT2D eigenvalue weighted by atomic mass is 10.2. The van der Waals surface area contributed by atoms with E-state index in [-0.39, 0.29) is 0 Å². The average Bonchev–Trinajstić information content (AvgIpc) is 2.94. The second-order valence-electron chi connectivity index (χ2n) is 5.03. The zero-order valence-electron chi connectivity index (χ0n) is 10.3. The summed E-state index contributed by atoms with van der Waals surface area (Å²) in [4.78, 5) is 13.3. The zero-order chi connectivity index (χ0) is 11.5. The van der Waals surface area contributed by atoms with E-state index in [1.54, 1.807) is 6.33 Å². The highest BCUT2D eigenvalue weighted by Gasteiger charge is 2.26. The standard InChI is InChI=1S/C13H20N4/c1-2-4-12(3-1)16-7-9-17(10-8-16)13-5-6-14-11-15-13/h5-6,11-12H,1-4,7-10H2. The molecule has 1 aromatic rings. The lowest BCUT2D eigenvalue weighted by Gasteiger charge is -2.38. The molecule has 4 heteroatoms. The van der Waals surface area contributed by atoms with Crippen LogP contribution in [0, 0.1) is 0 Å². The summed E-state index contributed by atoms with van der Waals surface area (Å²) in [5.74, 6) is 1.08. The third kappa shape index (κ3) is 2.41. The number of hydrogen-bond acceptors (Lipinski definition) is 4. The van der Waals surface area contributed by atoms with E-state index < -0.39 is 0 Å². The van der Waals surface area contributed by atoms with Crippen molar-refractivity contribution in [3.8, 4) is 0 Å². The molecule has 1 aliphatic heterocycles. The predicted molar refractivity (Wildman–Crippen MR) is 68.1 cm³/mol. The molecule has 0 bridgehead atoms. The zero-order valence-corrected chi connectivity index (χ0v) is 10.3. The van der Waals surface area contributed by atoms with Crippen molar-refractivity contribution in [2.45, 2.75) is 31.7 Å². The smallest absolute Gasteiger partial charge is 0.131 e. The second-order valence-corrected chi connectivity index (χ2v) is 5.03. The number of hydrogen-bond donors (Lipinski definition) is 0. The van der Waals surface area contributed by atoms with Crippen LogP contribution in [-0.4, -0.2) is 47.1 Å².